The molecule has 0 bridgehead atoms. The third-order valence-electron chi connectivity index (χ3n) is 9.21. The molecule has 6 aromatic rings. The van der Waals surface area contributed by atoms with Crippen molar-refractivity contribution in [2.75, 3.05) is 11.1 Å². The Morgan fingerprint density at radius 2 is 1.21 bits per heavy atom. The van der Waals surface area contributed by atoms with Gasteiger partial charge in [0, 0.05) is 24.2 Å². The van der Waals surface area contributed by atoms with Crippen LogP contribution in [0.25, 0.3) is 11.3 Å². The van der Waals surface area contributed by atoms with Crippen LogP contribution in [-0.2, 0) is 13.1 Å². The van der Waals surface area contributed by atoms with E-state index in [0.717, 1.165) is 27.3 Å². The lowest BCUT2D eigenvalue weighted by molar-refractivity contribution is 0.0571. The molecule has 0 aromatic carbocycles. The highest BCUT2D eigenvalue weighted by Crippen LogP contribution is 2.34. The highest BCUT2D eigenvalue weighted by molar-refractivity contribution is 9.10. The van der Waals surface area contributed by atoms with Crippen LogP contribution in [0.15, 0.2) is 54.4 Å². The van der Waals surface area contributed by atoms with Gasteiger partial charge in [-0.3, -0.25) is 9.36 Å². The van der Waals surface area contributed by atoms with Crippen LogP contribution in [0.3, 0.4) is 0 Å². The van der Waals surface area contributed by atoms with Crippen LogP contribution in [0.2, 0.25) is 0 Å². The van der Waals surface area contributed by atoms with E-state index in [4.69, 9.17) is 10.7 Å². The van der Waals surface area contributed by atoms with Gasteiger partial charge in [-0.05, 0) is 69.3 Å². The van der Waals surface area contributed by atoms with E-state index in [-0.39, 0.29) is 0 Å². The van der Waals surface area contributed by atoms with Crippen molar-refractivity contribution in [2.45, 2.75) is 128 Å². The first-order chi connectivity index (χ1) is 25.3. The number of hydrogen-bond acceptors (Lipinski definition) is 12. The smallest absolute Gasteiger partial charge is 0.198 e. The summed E-state index contributed by atoms with van der Waals surface area (Å²) in [5, 5.41) is 39.4. The maximum Gasteiger partial charge on any atom is 0.198 e. The Balaban J connectivity index is 0.000000151. The first-order valence-corrected chi connectivity index (χ1v) is 19.2. The van der Waals surface area contributed by atoms with Crippen molar-refractivity contribution in [2.24, 2.45) is 0 Å². The summed E-state index contributed by atoms with van der Waals surface area (Å²) < 4.78 is 7.73. The van der Waals surface area contributed by atoms with Gasteiger partial charge >= 0.3 is 0 Å². The molecule has 5 N–H and O–H groups in total. The minimum Gasteiger partial charge on any atom is -0.396 e. The summed E-state index contributed by atoms with van der Waals surface area (Å²) in [5.74, 6) is 1.77. The number of hydrogen-bond donors (Lipinski definition) is 4. The van der Waals surface area contributed by atoms with E-state index >= 15 is 0 Å². The van der Waals surface area contributed by atoms with Crippen molar-refractivity contribution >= 4 is 44.4 Å². The SMILES string of the molecule is Brc1nc(C2CCCCC2)cn2ncnc12.CC(C)(O)Cn1cc(N)cn1.CC(C)(O)Cn1cc(Nc2nc(C3CCCCC3)cn3ncnc23)cn1. The maximum atomic E-state index is 9.95. The Morgan fingerprint density at radius 1 is 0.698 bits per heavy atom. The van der Waals surface area contributed by atoms with Crippen LogP contribution in [0.4, 0.5) is 17.2 Å². The normalized spacial score (nSPS) is 15.9. The summed E-state index contributed by atoms with van der Waals surface area (Å²) in [5.41, 5.74) is 9.00. The Kier molecular flexibility index (Phi) is 12.0. The van der Waals surface area contributed by atoms with Gasteiger partial charge in [-0.1, -0.05) is 38.5 Å². The molecule has 2 aliphatic carbocycles. The molecule has 2 aliphatic rings. The zero-order chi connectivity index (χ0) is 37.6. The van der Waals surface area contributed by atoms with E-state index in [1.165, 1.54) is 64.2 Å². The van der Waals surface area contributed by atoms with E-state index in [0.29, 0.717) is 42.1 Å². The molecule has 0 amide bonds. The minimum absolute atomic E-state index is 0.421. The van der Waals surface area contributed by atoms with Crippen LogP contribution in [0.1, 0.15) is 115 Å². The van der Waals surface area contributed by atoms with E-state index < -0.39 is 11.2 Å². The molecule has 16 nitrogen and oxygen atoms in total. The Bertz CT molecular complexity index is 2060. The number of nitrogens with two attached hydrogens (primary N) is 1. The van der Waals surface area contributed by atoms with Crippen LogP contribution < -0.4 is 11.1 Å². The fraction of sp³-hybridized carbons (Fsp3) is 0.556. The molecule has 6 heterocycles. The fourth-order valence-corrected chi connectivity index (χ4v) is 7.33. The third kappa shape index (κ3) is 10.8. The number of aliphatic hydroxyl groups is 2. The molecule has 0 unspecified atom stereocenters. The zero-order valence-corrected chi connectivity index (χ0v) is 32.6. The number of fused-ring (bicyclic) bond motifs is 2. The largest absolute Gasteiger partial charge is 0.396 e. The molecule has 0 radical (unpaired) electrons. The number of anilines is 3. The highest BCUT2D eigenvalue weighted by Gasteiger charge is 2.21. The van der Waals surface area contributed by atoms with Gasteiger partial charge in [-0.2, -0.15) is 20.4 Å². The second-order valence-corrected chi connectivity index (χ2v) is 16.1. The third-order valence-corrected chi connectivity index (χ3v) is 9.75. The van der Waals surface area contributed by atoms with Gasteiger partial charge in [0.25, 0.3) is 0 Å². The summed E-state index contributed by atoms with van der Waals surface area (Å²) in [6.07, 6.45) is 26.7. The molecule has 284 valence electrons. The molecule has 8 rings (SSSR count). The number of aromatic nitrogens is 12. The zero-order valence-electron chi connectivity index (χ0n) is 31.0. The Morgan fingerprint density at radius 3 is 1.75 bits per heavy atom. The molecule has 0 spiro atoms. The number of nitrogens with one attached hydrogen (secondary N) is 1. The Labute approximate surface area is 317 Å². The first kappa shape index (κ1) is 38.3. The lowest BCUT2D eigenvalue weighted by Crippen LogP contribution is -2.26. The number of halogens is 1. The lowest BCUT2D eigenvalue weighted by atomic mass is 9.87. The van der Waals surface area contributed by atoms with Crippen LogP contribution in [-0.4, -0.2) is 80.1 Å². The number of nitrogens with zero attached hydrogens (tertiary/aromatic N) is 12. The van der Waals surface area contributed by atoms with Gasteiger partial charge in [-0.25, -0.2) is 29.0 Å². The number of rotatable bonds is 8. The minimum atomic E-state index is -0.817. The predicted octanol–water partition coefficient (Wildman–Crippen LogP) is 6.05. The molecule has 0 saturated heterocycles. The second-order valence-electron chi connectivity index (χ2n) is 15.3. The lowest BCUT2D eigenvalue weighted by Gasteiger charge is -2.21. The van der Waals surface area contributed by atoms with Gasteiger partial charge in [0.15, 0.2) is 21.7 Å². The maximum absolute atomic E-state index is 9.95. The number of nitrogen functional groups attached to an aromatic ring is 1. The molecule has 0 atom stereocenters. The molecule has 2 fully saturated rings. The van der Waals surface area contributed by atoms with E-state index in [2.05, 4.69) is 56.6 Å². The summed E-state index contributed by atoms with van der Waals surface area (Å²) in [6, 6.07) is 0. The van der Waals surface area contributed by atoms with Crippen molar-refractivity contribution in [3.63, 3.8) is 0 Å². The highest BCUT2D eigenvalue weighted by atomic mass is 79.9. The standard InChI is InChI=1S/C18H25N7O.C11H13BrN4.C7H13N3O/c1-18(2,26)11-24-9-14(8-20-24)22-16-17-19-12-21-25(17)10-15(23-16)13-6-4-3-5-7-13;12-10-11-13-7-14-16(11)6-9(15-10)8-4-2-1-3-5-8;1-7(2,11)5-10-4-6(8)3-9-10/h8-10,12-13,26H,3-7,11H2,1-2H3,(H,22,23);6-8H,1-5H2;3-4,11H,5,8H2,1-2H3. The van der Waals surface area contributed by atoms with Crippen molar-refractivity contribution in [1.82, 2.24) is 58.7 Å². The molecular formula is C36H51BrN14O2. The van der Waals surface area contributed by atoms with Crippen molar-refractivity contribution in [1.29, 1.82) is 0 Å². The fourth-order valence-electron chi connectivity index (χ4n) is 6.84. The molecule has 17 heteroatoms. The van der Waals surface area contributed by atoms with Gasteiger partial charge in [0.1, 0.15) is 12.7 Å². The summed E-state index contributed by atoms with van der Waals surface area (Å²) in [7, 11) is 0. The first-order valence-electron chi connectivity index (χ1n) is 18.4. The van der Waals surface area contributed by atoms with Gasteiger partial charge in [0.2, 0.25) is 0 Å². The van der Waals surface area contributed by atoms with E-state index in [1.54, 1.807) is 77.3 Å². The second kappa shape index (κ2) is 16.7. The predicted molar refractivity (Wildman–Crippen MR) is 206 cm³/mol. The average molecular weight is 792 g/mol. The Hall–Kier alpha value is -4.48. The van der Waals surface area contributed by atoms with E-state index in [9.17, 15) is 10.2 Å². The summed E-state index contributed by atoms with van der Waals surface area (Å²) >= 11 is 3.46. The van der Waals surface area contributed by atoms with Crippen molar-refractivity contribution < 1.29 is 10.2 Å². The van der Waals surface area contributed by atoms with Crippen LogP contribution >= 0.6 is 15.9 Å². The summed E-state index contributed by atoms with van der Waals surface area (Å²) in [6.45, 7) is 7.86. The monoisotopic (exact) mass is 790 g/mol. The van der Waals surface area contributed by atoms with Crippen molar-refractivity contribution in [3.05, 3.63) is 65.8 Å². The average Bonchev–Trinajstić information content (AvgIpc) is 3.94. The molecule has 53 heavy (non-hydrogen) atoms. The molecule has 2 saturated carbocycles. The van der Waals surface area contributed by atoms with Crippen molar-refractivity contribution in [3.8, 4) is 0 Å². The summed E-state index contributed by atoms with van der Waals surface area (Å²) in [4.78, 5) is 17.9. The van der Waals surface area contributed by atoms with Gasteiger partial charge < -0.3 is 21.3 Å². The molecule has 6 aromatic heterocycles. The topological polar surface area (TPSA) is 200 Å². The van der Waals surface area contributed by atoms with E-state index in [1.807, 2.05) is 18.6 Å². The van der Waals surface area contributed by atoms with Gasteiger partial charge in [-0.15, -0.1) is 0 Å². The van der Waals surface area contributed by atoms with Crippen LogP contribution in [0, 0.1) is 0 Å². The molecule has 0 aliphatic heterocycles. The quantitative estimate of drug-likeness (QED) is 0.139. The van der Waals surface area contributed by atoms with Crippen LogP contribution in [0.5, 0.6) is 0 Å². The molecular weight excluding hydrogens is 740 g/mol. The van der Waals surface area contributed by atoms with Gasteiger partial charge in [0.05, 0.1) is 71.8 Å².